The third-order valence-corrected chi connectivity index (χ3v) is 3.62. The number of hydrogen-bond acceptors (Lipinski definition) is 2. The molecule has 0 fully saturated rings. The van der Waals surface area contributed by atoms with E-state index in [9.17, 15) is 0 Å². The van der Waals surface area contributed by atoms with E-state index in [1.54, 1.807) is 0 Å². The third kappa shape index (κ3) is 1.55. The Morgan fingerprint density at radius 2 is 2.15 bits per heavy atom. The van der Waals surface area contributed by atoms with Crippen molar-refractivity contribution in [2.75, 3.05) is 5.73 Å². The van der Waals surface area contributed by atoms with E-state index < -0.39 is 0 Å². The molecule has 2 rings (SSSR count). The standard InChI is InChI=1S/C10H13IN2/c11-8-5-4-6-7(10(8)13)2-1-3-9(6)12/h4-5,9H,1-3,12-13H2. The van der Waals surface area contributed by atoms with Crippen LogP contribution in [0.5, 0.6) is 0 Å². The summed E-state index contributed by atoms with van der Waals surface area (Å²) in [6.45, 7) is 0. The molecule has 0 radical (unpaired) electrons. The molecule has 0 heterocycles. The minimum atomic E-state index is 0.197. The number of nitrogens with two attached hydrogens (primary N) is 2. The lowest BCUT2D eigenvalue weighted by Crippen LogP contribution is -2.18. The molecule has 0 amide bonds. The van der Waals surface area contributed by atoms with Gasteiger partial charge in [0.25, 0.3) is 0 Å². The topological polar surface area (TPSA) is 52.0 Å². The average Bonchev–Trinajstić information content (AvgIpc) is 2.12. The van der Waals surface area contributed by atoms with Gasteiger partial charge < -0.3 is 11.5 Å². The van der Waals surface area contributed by atoms with Crippen molar-refractivity contribution in [3.05, 3.63) is 26.8 Å². The van der Waals surface area contributed by atoms with Crippen LogP contribution in [0.4, 0.5) is 5.69 Å². The first-order chi connectivity index (χ1) is 6.20. The summed E-state index contributed by atoms with van der Waals surface area (Å²) in [6.07, 6.45) is 3.34. The van der Waals surface area contributed by atoms with E-state index in [0.717, 1.165) is 22.1 Å². The van der Waals surface area contributed by atoms with Crippen LogP contribution < -0.4 is 11.5 Å². The molecule has 0 saturated heterocycles. The molecule has 70 valence electrons. The molecule has 1 aliphatic rings. The monoisotopic (exact) mass is 288 g/mol. The number of nitrogen functional groups attached to an aromatic ring is 1. The van der Waals surface area contributed by atoms with Crippen LogP contribution in [0.1, 0.15) is 30.0 Å². The minimum Gasteiger partial charge on any atom is -0.398 e. The van der Waals surface area contributed by atoms with E-state index in [1.165, 1.54) is 17.5 Å². The summed E-state index contributed by atoms with van der Waals surface area (Å²) in [5.74, 6) is 0. The van der Waals surface area contributed by atoms with Gasteiger partial charge in [0.2, 0.25) is 0 Å². The molecule has 13 heavy (non-hydrogen) atoms. The first-order valence-electron chi connectivity index (χ1n) is 4.52. The van der Waals surface area contributed by atoms with Gasteiger partial charge in [-0.1, -0.05) is 6.07 Å². The molecule has 4 N–H and O–H groups in total. The van der Waals surface area contributed by atoms with Gasteiger partial charge in [-0.2, -0.15) is 0 Å². The second kappa shape index (κ2) is 3.46. The fourth-order valence-electron chi connectivity index (χ4n) is 1.93. The van der Waals surface area contributed by atoms with Crippen molar-refractivity contribution in [1.82, 2.24) is 0 Å². The average molecular weight is 288 g/mol. The number of halogens is 1. The Morgan fingerprint density at radius 1 is 1.38 bits per heavy atom. The van der Waals surface area contributed by atoms with Crippen molar-refractivity contribution >= 4 is 28.3 Å². The first kappa shape index (κ1) is 9.27. The predicted molar refractivity (Wildman–Crippen MR) is 63.4 cm³/mol. The summed E-state index contributed by atoms with van der Waals surface area (Å²) < 4.78 is 1.14. The molecule has 1 aliphatic carbocycles. The molecule has 1 unspecified atom stereocenters. The Labute approximate surface area is 91.8 Å². The van der Waals surface area contributed by atoms with Crippen LogP contribution in [0, 0.1) is 3.57 Å². The molecule has 3 heteroatoms. The van der Waals surface area contributed by atoms with Crippen LogP contribution in [0.3, 0.4) is 0 Å². The SMILES string of the molecule is Nc1c(I)ccc2c1CCCC2N. The van der Waals surface area contributed by atoms with Crippen molar-refractivity contribution in [1.29, 1.82) is 0 Å². The van der Waals surface area contributed by atoms with E-state index in [1.807, 2.05) is 0 Å². The second-order valence-corrected chi connectivity index (χ2v) is 4.69. The summed E-state index contributed by atoms with van der Waals surface area (Å²) in [4.78, 5) is 0. The zero-order chi connectivity index (χ0) is 9.42. The van der Waals surface area contributed by atoms with Crippen LogP contribution in [0.25, 0.3) is 0 Å². The van der Waals surface area contributed by atoms with Crippen molar-refractivity contribution in [2.24, 2.45) is 5.73 Å². The quantitative estimate of drug-likeness (QED) is 0.568. The Hall–Kier alpha value is -0.290. The molecule has 1 aromatic rings. The highest BCUT2D eigenvalue weighted by Crippen LogP contribution is 2.33. The third-order valence-electron chi connectivity index (χ3n) is 2.68. The van der Waals surface area contributed by atoms with Crippen LogP contribution in [0.15, 0.2) is 12.1 Å². The molecule has 0 aliphatic heterocycles. The molecular formula is C10H13IN2. The lowest BCUT2D eigenvalue weighted by Gasteiger charge is -2.23. The number of fused-ring (bicyclic) bond motifs is 1. The van der Waals surface area contributed by atoms with Crippen molar-refractivity contribution in [3.8, 4) is 0 Å². The number of hydrogen-bond donors (Lipinski definition) is 2. The van der Waals surface area contributed by atoms with Gasteiger partial charge in [0, 0.05) is 15.3 Å². The highest BCUT2D eigenvalue weighted by Gasteiger charge is 2.19. The lowest BCUT2D eigenvalue weighted by atomic mass is 9.87. The normalized spacial score (nSPS) is 21.2. The Balaban J connectivity index is 2.56. The maximum Gasteiger partial charge on any atom is 0.0485 e. The molecule has 0 aromatic heterocycles. The first-order valence-corrected chi connectivity index (χ1v) is 5.60. The maximum absolute atomic E-state index is 6.01. The van der Waals surface area contributed by atoms with Gasteiger partial charge in [-0.15, -0.1) is 0 Å². The van der Waals surface area contributed by atoms with Gasteiger partial charge in [-0.25, -0.2) is 0 Å². The molecule has 1 aromatic carbocycles. The summed E-state index contributed by atoms with van der Waals surface area (Å²) in [5, 5.41) is 0. The molecule has 1 atom stereocenters. The van der Waals surface area contributed by atoms with Crippen LogP contribution in [-0.2, 0) is 6.42 Å². The largest absolute Gasteiger partial charge is 0.398 e. The summed E-state index contributed by atoms with van der Waals surface area (Å²) in [7, 11) is 0. The number of anilines is 1. The van der Waals surface area contributed by atoms with Gasteiger partial charge in [0.05, 0.1) is 0 Å². The highest BCUT2D eigenvalue weighted by molar-refractivity contribution is 14.1. The smallest absolute Gasteiger partial charge is 0.0485 e. The van der Waals surface area contributed by atoms with Gasteiger partial charge in [-0.05, 0) is 59.0 Å². The molecule has 0 saturated carbocycles. The van der Waals surface area contributed by atoms with Crippen molar-refractivity contribution < 1.29 is 0 Å². The van der Waals surface area contributed by atoms with Gasteiger partial charge in [-0.3, -0.25) is 0 Å². The second-order valence-electron chi connectivity index (χ2n) is 3.53. The van der Waals surface area contributed by atoms with E-state index >= 15 is 0 Å². The maximum atomic E-state index is 6.01. The summed E-state index contributed by atoms with van der Waals surface area (Å²) >= 11 is 2.27. The van der Waals surface area contributed by atoms with Crippen LogP contribution in [0.2, 0.25) is 0 Å². The van der Waals surface area contributed by atoms with E-state index in [2.05, 4.69) is 34.7 Å². The summed E-state index contributed by atoms with van der Waals surface area (Å²) in [6, 6.07) is 4.38. The van der Waals surface area contributed by atoms with Gasteiger partial charge in [0.15, 0.2) is 0 Å². The lowest BCUT2D eigenvalue weighted by molar-refractivity contribution is 0.571. The Bertz CT molecular complexity index is 336. The Kier molecular flexibility index (Phi) is 2.47. The predicted octanol–water partition coefficient (Wildman–Crippen LogP) is 2.21. The van der Waals surface area contributed by atoms with Crippen LogP contribution in [-0.4, -0.2) is 0 Å². The summed E-state index contributed by atoms with van der Waals surface area (Å²) in [5.41, 5.74) is 15.5. The number of rotatable bonds is 0. The van der Waals surface area contributed by atoms with Crippen molar-refractivity contribution in [2.45, 2.75) is 25.3 Å². The molecule has 0 spiro atoms. The van der Waals surface area contributed by atoms with Gasteiger partial charge >= 0.3 is 0 Å². The fourth-order valence-corrected chi connectivity index (χ4v) is 2.44. The molecule has 2 nitrogen and oxygen atoms in total. The van der Waals surface area contributed by atoms with Crippen molar-refractivity contribution in [3.63, 3.8) is 0 Å². The van der Waals surface area contributed by atoms with E-state index in [-0.39, 0.29) is 6.04 Å². The van der Waals surface area contributed by atoms with Gasteiger partial charge in [0.1, 0.15) is 0 Å². The zero-order valence-electron chi connectivity index (χ0n) is 7.39. The fraction of sp³-hybridized carbons (Fsp3) is 0.400. The van der Waals surface area contributed by atoms with Crippen LogP contribution >= 0.6 is 22.6 Å². The highest BCUT2D eigenvalue weighted by atomic mass is 127. The van der Waals surface area contributed by atoms with E-state index in [0.29, 0.717) is 0 Å². The zero-order valence-corrected chi connectivity index (χ0v) is 9.54. The minimum absolute atomic E-state index is 0.197. The number of benzene rings is 1. The molecular weight excluding hydrogens is 275 g/mol. The molecule has 0 bridgehead atoms. The van der Waals surface area contributed by atoms with E-state index in [4.69, 9.17) is 11.5 Å². The Morgan fingerprint density at radius 3 is 2.92 bits per heavy atom.